The van der Waals surface area contributed by atoms with Crippen molar-refractivity contribution < 1.29 is 9.18 Å². The number of carbonyl (C=O) groups excluding carboxylic acids is 1. The molecular weight excluding hydrogens is 247 g/mol. The van der Waals surface area contributed by atoms with Gasteiger partial charge < -0.3 is 0 Å². The van der Waals surface area contributed by atoms with E-state index in [-0.39, 0.29) is 11.6 Å². The summed E-state index contributed by atoms with van der Waals surface area (Å²) in [6, 6.07) is 4.79. The normalized spacial score (nSPS) is 10.2. The highest BCUT2D eigenvalue weighted by atomic mass is 79.9. The number of aryl methyl sites for hydroxylation is 1. The fourth-order valence-corrected chi connectivity index (χ4v) is 1.59. The van der Waals surface area contributed by atoms with Gasteiger partial charge in [0.1, 0.15) is 11.6 Å². The number of ketones is 1. The molecule has 0 saturated heterocycles. The van der Waals surface area contributed by atoms with Crippen LogP contribution < -0.4 is 0 Å². The molecule has 0 radical (unpaired) electrons. The van der Waals surface area contributed by atoms with E-state index in [0.717, 1.165) is 4.47 Å². The summed E-state index contributed by atoms with van der Waals surface area (Å²) in [5.74, 6) is -0.0681. The number of carbonyl (C=O) groups is 1. The monoisotopic (exact) mass is 258 g/mol. The summed E-state index contributed by atoms with van der Waals surface area (Å²) in [4.78, 5) is 11.0. The number of benzene rings is 1. The van der Waals surface area contributed by atoms with Gasteiger partial charge in [-0.15, -0.1) is 0 Å². The van der Waals surface area contributed by atoms with Gasteiger partial charge in [0, 0.05) is 17.3 Å². The molecule has 1 aromatic carbocycles. The van der Waals surface area contributed by atoms with Crippen molar-refractivity contribution in [2.45, 2.75) is 26.2 Å². The molecule has 76 valence electrons. The number of hydrogen-bond acceptors (Lipinski definition) is 1. The van der Waals surface area contributed by atoms with Crippen LogP contribution >= 0.6 is 15.9 Å². The first-order chi connectivity index (χ1) is 6.63. The van der Waals surface area contributed by atoms with Crippen LogP contribution in [0, 0.1) is 5.82 Å². The molecule has 0 spiro atoms. The fraction of sp³-hybridized carbons (Fsp3) is 0.364. The van der Waals surface area contributed by atoms with E-state index in [4.69, 9.17) is 0 Å². The first-order valence-corrected chi connectivity index (χ1v) is 5.38. The lowest BCUT2D eigenvalue weighted by molar-refractivity contribution is -0.118. The Bertz CT molecular complexity index is 336. The molecule has 0 bridgehead atoms. The lowest BCUT2D eigenvalue weighted by Crippen LogP contribution is -1.99. The second-order valence-electron chi connectivity index (χ2n) is 3.13. The molecule has 0 aliphatic rings. The van der Waals surface area contributed by atoms with Crippen molar-refractivity contribution in [2.75, 3.05) is 0 Å². The van der Waals surface area contributed by atoms with Crippen LogP contribution in [0.15, 0.2) is 22.7 Å². The average Bonchev–Trinajstić information content (AvgIpc) is 2.19. The van der Waals surface area contributed by atoms with Gasteiger partial charge in [-0.25, -0.2) is 4.39 Å². The maximum Gasteiger partial charge on any atom is 0.132 e. The van der Waals surface area contributed by atoms with Crippen LogP contribution in [-0.2, 0) is 11.2 Å². The molecule has 0 aliphatic heterocycles. The van der Waals surface area contributed by atoms with E-state index in [1.54, 1.807) is 12.1 Å². The molecule has 1 rings (SSSR count). The van der Waals surface area contributed by atoms with Crippen molar-refractivity contribution in [2.24, 2.45) is 0 Å². The molecule has 0 aliphatic carbocycles. The third kappa shape index (κ3) is 3.22. The van der Waals surface area contributed by atoms with Crippen molar-refractivity contribution in [3.8, 4) is 0 Å². The first-order valence-electron chi connectivity index (χ1n) is 4.59. The molecule has 1 nitrogen and oxygen atoms in total. The molecule has 0 unspecified atom stereocenters. The lowest BCUT2D eigenvalue weighted by Gasteiger charge is -2.02. The zero-order valence-corrected chi connectivity index (χ0v) is 9.60. The summed E-state index contributed by atoms with van der Waals surface area (Å²) in [7, 11) is 0. The van der Waals surface area contributed by atoms with Crippen LogP contribution in [0.5, 0.6) is 0 Å². The van der Waals surface area contributed by atoms with Crippen LogP contribution in [-0.4, -0.2) is 5.78 Å². The van der Waals surface area contributed by atoms with Gasteiger partial charge in [-0.2, -0.15) is 0 Å². The summed E-state index contributed by atoms with van der Waals surface area (Å²) in [5.41, 5.74) is 0.598. The van der Waals surface area contributed by atoms with E-state index < -0.39 is 0 Å². The third-order valence-corrected chi connectivity index (χ3v) is 2.57. The van der Waals surface area contributed by atoms with Gasteiger partial charge >= 0.3 is 0 Å². The van der Waals surface area contributed by atoms with Gasteiger partial charge in [0.05, 0.1) is 0 Å². The van der Waals surface area contributed by atoms with Crippen molar-refractivity contribution >= 4 is 21.7 Å². The minimum Gasteiger partial charge on any atom is -0.300 e. The molecule has 0 N–H and O–H groups in total. The Morgan fingerprint density at radius 2 is 2.21 bits per heavy atom. The van der Waals surface area contributed by atoms with E-state index in [0.29, 0.717) is 24.8 Å². The van der Waals surface area contributed by atoms with Gasteiger partial charge in [0.25, 0.3) is 0 Å². The zero-order chi connectivity index (χ0) is 10.6. The molecule has 0 heterocycles. The largest absolute Gasteiger partial charge is 0.300 e. The maximum absolute atomic E-state index is 13.2. The van der Waals surface area contributed by atoms with Gasteiger partial charge in [-0.1, -0.05) is 22.9 Å². The van der Waals surface area contributed by atoms with Gasteiger partial charge in [0.15, 0.2) is 0 Å². The Balaban J connectivity index is 2.66. The highest BCUT2D eigenvalue weighted by Crippen LogP contribution is 2.17. The topological polar surface area (TPSA) is 17.1 Å². The predicted molar refractivity (Wildman–Crippen MR) is 57.7 cm³/mol. The highest BCUT2D eigenvalue weighted by molar-refractivity contribution is 9.10. The van der Waals surface area contributed by atoms with Crippen molar-refractivity contribution in [3.05, 3.63) is 34.1 Å². The van der Waals surface area contributed by atoms with Crippen LogP contribution in [0.25, 0.3) is 0 Å². The number of rotatable bonds is 4. The second-order valence-corrected chi connectivity index (χ2v) is 4.04. The molecule has 0 amide bonds. The van der Waals surface area contributed by atoms with Gasteiger partial charge in [-0.05, 0) is 30.2 Å². The van der Waals surface area contributed by atoms with Crippen LogP contribution in [0.2, 0.25) is 0 Å². The molecule has 14 heavy (non-hydrogen) atoms. The van der Waals surface area contributed by atoms with Crippen molar-refractivity contribution in [1.82, 2.24) is 0 Å². The van der Waals surface area contributed by atoms with Crippen LogP contribution in [0.4, 0.5) is 4.39 Å². The molecular formula is C11H12BrFO. The van der Waals surface area contributed by atoms with Crippen molar-refractivity contribution in [3.63, 3.8) is 0 Å². The summed E-state index contributed by atoms with van der Waals surface area (Å²) in [6.45, 7) is 1.82. The van der Waals surface area contributed by atoms with E-state index in [1.807, 2.05) is 6.92 Å². The minimum absolute atomic E-state index is 0.171. The van der Waals surface area contributed by atoms with Crippen molar-refractivity contribution in [1.29, 1.82) is 0 Å². The molecule has 3 heteroatoms. The smallest absolute Gasteiger partial charge is 0.132 e. The highest BCUT2D eigenvalue weighted by Gasteiger charge is 2.05. The molecule has 0 saturated carbocycles. The summed E-state index contributed by atoms with van der Waals surface area (Å²) in [5, 5.41) is 0. The summed E-state index contributed by atoms with van der Waals surface area (Å²) < 4.78 is 14.0. The predicted octanol–water partition coefficient (Wildman–Crippen LogP) is 3.50. The lowest BCUT2D eigenvalue weighted by atomic mass is 10.1. The minimum atomic E-state index is -0.239. The number of Topliss-reactive ketones (excluding diaryl/α,β-unsaturated/α-hetero) is 1. The summed E-state index contributed by atoms with van der Waals surface area (Å²) in [6.07, 6.45) is 1.43. The first kappa shape index (κ1) is 11.4. The quantitative estimate of drug-likeness (QED) is 0.808. The Labute approximate surface area is 91.5 Å². The zero-order valence-electron chi connectivity index (χ0n) is 8.02. The Kier molecular flexibility index (Phi) is 4.26. The van der Waals surface area contributed by atoms with E-state index in [9.17, 15) is 9.18 Å². The molecule has 1 aromatic rings. The van der Waals surface area contributed by atoms with Crippen LogP contribution in [0.3, 0.4) is 0 Å². The van der Waals surface area contributed by atoms with Crippen LogP contribution in [0.1, 0.15) is 25.3 Å². The SMILES string of the molecule is CCC(=O)CCc1cc(Br)ccc1F. The van der Waals surface area contributed by atoms with E-state index >= 15 is 0 Å². The van der Waals surface area contributed by atoms with E-state index in [1.165, 1.54) is 6.07 Å². The number of hydrogen-bond donors (Lipinski definition) is 0. The standard InChI is InChI=1S/C11H12BrFO/c1-2-10(14)5-3-8-7-9(12)4-6-11(8)13/h4,6-7H,2-3,5H2,1H3. The molecule has 0 aromatic heterocycles. The third-order valence-electron chi connectivity index (χ3n) is 2.08. The Morgan fingerprint density at radius 1 is 1.50 bits per heavy atom. The summed E-state index contributed by atoms with van der Waals surface area (Å²) >= 11 is 3.27. The van der Waals surface area contributed by atoms with E-state index in [2.05, 4.69) is 15.9 Å². The van der Waals surface area contributed by atoms with Gasteiger partial charge in [-0.3, -0.25) is 4.79 Å². The Hall–Kier alpha value is -0.700. The Morgan fingerprint density at radius 3 is 2.86 bits per heavy atom. The average molecular weight is 259 g/mol. The fourth-order valence-electron chi connectivity index (χ4n) is 1.19. The molecule has 0 fully saturated rings. The molecule has 0 atom stereocenters. The number of halogens is 2. The van der Waals surface area contributed by atoms with Gasteiger partial charge in [0.2, 0.25) is 0 Å². The second kappa shape index (κ2) is 5.25. The maximum atomic E-state index is 13.2.